The van der Waals surface area contributed by atoms with Crippen LogP contribution in [-0.4, -0.2) is 19.1 Å². The van der Waals surface area contributed by atoms with Crippen molar-refractivity contribution in [3.05, 3.63) is 88.2 Å². The van der Waals surface area contributed by atoms with E-state index in [1.165, 1.54) is 12.1 Å². The first-order chi connectivity index (χ1) is 15.4. The molecule has 0 saturated carbocycles. The summed E-state index contributed by atoms with van der Waals surface area (Å²) in [5.41, 5.74) is 3.68. The molecule has 0 bridgehead atoms. The topological polar surface area (TPSA) is 59.6 Å². The van der Waals surface area contributed by atoms with Gasteiger partial charge >= 0.3 is 0 Å². The van der Waals surface area contributed by atoms with E-state index in [9.17, 15) is 9.18 Å². The molecule has 1 amide bonds. The maximum atomic E-state index is 13.0. The predicted molar refractivity (Wildman–Crippen MR) is 125 cm³/mol. The van der Waals surface area contributed by atoms with E-state index < -0.39 is 0 Å². The normalized spacial score (nSPS) is 10.6. The maximum absolute atomic E-state index is 13.0. The van der Waals surface area contributed by atoms with Crippen LogP contribution in [0.5, 0.6) is 11.5 Å². The minimum Gasteiger partial charge on any atom is -0.490 e. The molecule has 3 aromatic rings. The molecule has 3 aromatic carbocycles. The van der Waals surface area contributed by atoms with Gasteiger partial charge in [-0.2, -0.15) is 0 Å². The SMILES string of the molecule is CCOc1cc(CNCc2ccc(F)cc2)cc(Cl)c1OCC(=O)Nc1ccc(C)cc1. The van der Waals surface area contributed by atoms with Crippen molar-refractivity contribution in [3.63, 3.8) is 0 Å². The molecule has 2 N–H and O–H groups in total. The second kappa shape index (κ2) is 11.5. The minimum absolute atomic E-state index is 0.199. The lowest BCUT2D eigenvalue weighted by molar-refractivity contribution is -0.118. The number of nitrogens with one attached hydrogen (secondary N) is 2. The van der Waals surface area contributed by atoms with Gasteiger partial charge in [0.1, 0.15) is 5.82 Å². The first-order valence-corrected chi connectivity index (χ1v) is 10.7. The molecule has 0 heterocycles. The van der Waals surface area contributed by atoms with Gasteiger partial charge in [0.25, 0.3) is 5.91 Å². The van der Waals surface area contributed by atoms with Gasteiger partial charge in [-0.15, -0.1) is 0 Å². The van der Waals surface area contributed by atoms with Crippen molar-refractivity contribution in [2.45, 2.75) is 26.9 Å². The number of ether oxygens (including phenoxy) is 2. The molecule has 0 spiro atoms. The number of carbonyl (C=O) groups is 1. The van der Waals surface area contributed by atoms with Crippen LogP contribution in [-0.2, 0) is 17.9 Å². The van der Waals surface area contributed by atoms with Crippen molar-refractivity contribution in [2.24, 2.45) is 0 Å². The summed E-state index contributed by atoms with van der Waals surface area (Å²) in [5, 5.41) is 6.44. The van der Waals surface area contributed by atoms with Gasteiger partial charge in [-0.25, -0.2) is 4.39 Å². The molecule has 0 unspecified atom stereocenters. The fraction of sp³-hybridized carbons (Fsp3) is 0.240. The molecule has 0 fully saturated rings. The van der Waals surface area contributed by atoms with Gasteiger partial charge < -0.3 is 20.1 Å². The summed E-state index contributed by atoms with van der Waals surface area (Å²) in [6.45, 7) is 5.18. The lowest BCUT2D eigenvalue weighted by Gasteiger charge is -2.15. The van der Waals surface area contributed by atoms with Crippen molar-refractivity contribution in [2.75, 3.05) is 18.5 Å². The number of benzene rings is 3. The van der Waals surface area contributed by atoms with E-state index in [4.69, 9.17) is 21.1 Å². The van der Waals surface area contributed by atoms with Crippen LogP contribution in [0.4, 0.5) is 10.1 Å². The average molecular weight is 457 g/mol. The van der Waals surface area contributed by atoms with E-state index in [0.717, 1.165) is 16.7 Å². The highest BCUT2D eigenvalue weighted by molar-refractivity contribution is 6.32. The summed E-state index contributed by atoms with van der Waals surface area (Å²) in [6, 6.07) is 17.4. The largest absolute Gasteiger partial charge is 0.490 e. The molecule has 3 rings (SSSR count). The van der Waals surface area contributed by atoms with E-state index in [0.29, 0.717) is 41.9 Å². The Bertz CT molecular complexity index is 1040. The van der Waals surface area contributed by atoms with E-state index in [2.05, 4.69) is 10.6 Å². The molecule has 7 heteroatoms. The van der Waals surface area contributed by atoms with Crippen LogP contribution in [0.3, 0.4) is 0 Å². The van der Waals surface area contributed by atoms with Crippen LogP contribution in [0.1, 0.15) is 23.6 Å². The molecular weight excluding hydrogens is 431 g/mol. The standard InChI is InChI=1S/C25H26ClFN2O3/c1-3-31-23-13-19(15-28-14-18-6-8-20(27)9-7-18)12-22(26)25(23)32-16-24(30)29-21-10-4-17(2)5-11-21/h4-13,28H,3,14-16H2,1-2H3,(H,29,30). The number of aryl methyl sites for hydroxylation is 1. The molecule has 0 saturated heterocycles. The van der Waals surface area contributed by atoms with E-state index in [1.54, 1.807) is 18.2 Å². The van der Waals surface area contributed by atoms with Gasteiger partial charge in [0.2, 0.25) is 0 Å². The fourth-order valence-corrected chi connectivity index (χ4v) is 3.34. The van der Waals surface area contributed by atoms with Gasteiger partial charge in [0.15, 0.2) is 18.1 Å². The Morgan fingerprint density at radius 2 is 1.66 bits per heavy atom. The van der Waals surface area contributed by atoms with Crippen LogP contribution in [0, 0.1) is 12.7 Å². The number of rotatable bonds is 10. The van der Waals surface area contributed by atoms with Gasteiger partial charge in [-0.1, -0.05) is 41.4 Å². The highest BCUT2D eigenvalue weighted by Crippen LogP contribution is 2.36. The molecule has 0 aliphatic heterocycles. The molecule has 168 valence electrons. The van der Waals surface area contributed by atoms with Crippen molar-refractivity contribution < 1.29 is 18.7 Å². The van der Waals surface area contributed by atoms with Gasteiger partial charge in [0.05, 0.1) is 11.6 Å². The number of hydrogen-bond donors (Lipinski definition) is 2. The third-order valence-electron chi connectivity index (χ3n) is 4.62. The first-order valence-electron chi connectivity index (χ1n) is 10.3. The zero-order valence-electron chi connectivity index (χ0n) is 18.1. The third kappa shape index (κ3) is 6.97. The van der Waals surface area contributed by atoms with Crippen molar-refractivity contribution in [1.29, 1.82) is 0 Å². The Morgan fingerprint density at radius 3 is 2.34 bits per heavy atom. The monoisotopic (exact) mass is 456 g/mol. The summed E-state index contributed by atoms with van der Waals surface area (Å²) in [5.74, 6) is 0.249. The summed E-state index contributed by atoms with van der Waals surface area (Å²) in [7, 11) is 0. The lowest BCUT2D eigenvalue weighted by Crippen LogP contribution is -2.20. The highest BCUT2D eigenvalue weighted by Gasteiger charge is 2.15. The fourth-order valence-electron chi connectivity index (χ4n) is 3.05. The maximum Gasteiger partial charge on any atom is 0.262 e. The Kier molecular flexibility index (Phi) is 8.48. The summed E-state index contributed by atoms with van der Waals surface area (Å²) in [6.07, 6.45) is 0. The van der Waals surface area contributed by atoms with Gasteiger partial charge in [-0.3, -0.25) is 4.79 Å². The Hall–Kier alpha value is -3.09. The number of hydrogen-bond acceptors (Lipinski definition) is 4. The first kappa shape index (κ1) is 23.6. The Balaban J connectivity index is 1.60. The molecule has 0 aliphatic rings. The van der Waals surface area contributed by atoms with Crippen LogP contribution < -0.4 is 20.1 Å². The minimum atomic E-state index is -0.294. The molecule has 0 atom stereocenters. The Morgan fingerprint density at radius 1 is 0.969 bits per heavy atom. The Labute approximate surface area is 192 Å². The van der Waals surface area contributed by atoms with Crippen LogP contribution >= 0.6 is 11.6 Å². The molecule has 0 aromatic heterocycles. The van der Waals surface area contributed by atoms with Crippen LogP contribution in [0.2, 0.25) is 5.02 Å². The van der Waals surface area contributed by atoms with Crippen molar-refractivity contribution in [1.82, 2.24) is 5.32 Å². The second-order valence-corrected chi connectivity index (χ2v) is 7.68. The average Bonchev–Trinajstić information content (AvgIpc) is 2.76. The quantitative estimate of drug-likeness (QED) is 0.423. The predicted octanol–water partition coefficient (Wildman–Crippen LogP) is 5.49. The zero-order chi connectivity index (χ0) is 22.9. The highest BCUT2D eigenvalue weighted by atomic mass is 35.5. The zero-order valence-corrected chi connectivity index (χ0v) is 18.8. The number of carbonyl (C=O) groups excluding carboxylic acids is 1. The van der Waals surface area contributed by atoms with Crippen molar-refractivity contribution in [3.8, 4) is 11.5 Å². The summed E-state index contributed by atoms with van der Waals surface area (Å²) >= 11 is 6.44. The molecular formula is C25H26ClFN2O3. The van der Waals surface area contributed by atoms with E-state index >= 15 is 0 Å². The summed E-state index contributed by atoms with van der Waals surface area (Å²) in [4.78, 5) is 12.3. The lowest BCUT2D eigenvalue weighted by atomic mass is 10.1. The molecule has 5 nitrogen and oxygen atoms in total. The van der Waals surface area contributed by atoms with E-state index in [-0.39, 0.29) is 18.3 Å². The van der Waals surface area contributed by atoms with Gasteiger partial charge in [0, 0.05) is 18.8 Å². The van der Waals surface area contributed by atoms with Crippen molar-refractivity contribution >= 4 is 23.2 Å². The number of anilines is 1. The van der Waals surface area contributed by atoms with Gasteiger partial charge in [-0.05, 0) is 61.4 Å². The van der Waals surface area contributed by atoms with Crippen LogP contribution in [0.25, 0.3) is 0 Å². The van der Waals surface area contributed by atoms with Crippen LogP contribution in [0.15, 0.2) is 60.7 Å². The summed E-state index contributed by atoms with van der Waals surface area (Å²) < 4.78 is 24.4. The smallest absolute Gasteiger partial charge is 0.262 e. The third-order valence-corrected chi connectivity index (χ3v) is 4.90. The molecule has 0 radical (unpaired) electrons. The molecule has 0 aliphatic carbocycles. The second-order valence-electron chi connectivity index (χ2n) is 7.27. The number of halogens is 2. The van der Waals surface area contributed by atoms with E-state index in [1.807, 2.05) is 44.2 Å². The number of amides is 1. The molecule has 32 heavy (non-hydrogen) atoms.